The van der Waals surface area contributed by atoms with Gasteiger partial charge in [-0.3, -0.25) is 5.01 Å². The zero-order valence-corrected chi connectivity index (χ0v) is 15.5. The highest BCUT2D eigenvalue weighted by atomic mass is 19.1. The van der Waals surface area contributed by atoms with E-state index in [2.05, 4.69) is 5.10 Å². The van der Waals surface area contributed by atoms with Gasteiger partial charge in [-0.2, -0.15) is 5.10 Å². The van der Waals surface area contributed by atoms with Crippen molar-refractivity contribution in [3.05, 3.63) is 89.7 Å². The van der Waals surface area contributed by atoms with Crippen LogP contribution in [-0.2, 0) is 0 Å². The van der Waals surface area contributed by atoms with E-state index in [0.29, 0.717) is 5.75 Å². The smallest absolute Gasteiger partial charge is 0.343 e. The lowest BCUT2D eigenvalue weighted by Crippen LogP contribution is -2.10. The van der Waals surface area contributed by atoms with Crippen molar-refractivity contribution < 1.29 is 18.7 Å². The third kappa shape index (κ3) is 4.73. The van der Waals surface area contributed by atoms with E-state index in [1.54, 1.807) is 29.4 Å². The van der Waals surface area contributed by atoms with E-state index < -0.39 is 11.8 Å². The molecule has 0 aliphatic rings. The summed E-state index contributed by atoms with van der Waals surface area (Å²) >= 11 is 0. The Balaban J connectivity index is 1.74. The molecule has 0 radical (unpaired) electrons. The van der Waals surface area contributed by atoms with Crippen molar-refractivity contribution >= 4 is 17.9 Å². The number of esters is 1. The number of ether oxygens (including phenoxy) is 2. The fraction of sp³-hybridized carbons (Fsp3) is 0.0909. The van der Waals surface area contributed by atoms with E-state index in [-0.39, 0.29) is 11.3 Å². The fourth-order valence-corrected chi connectivity index (χ4v) is 2.46. The normalized spacial score (nSPS) is 10.7. The van der Waals surface area contributed by atoms with Gasteiger partial charge in [-0.05, 0) is 60.2 Å². The highest BCUT2D eigenvalue weighted by Crippen LogP contribution is 2.28. The molecule has 142 valence electrons. The number of methoxy groups -OCH3 is 1. The van der Waals surface area contributed by atoms with Crippen LogP contribution in [0.4, 0.5) is 10.1 Å². The Morgan fingerprint density at radius 1 is 1.00 bits per heavy atom. The van der Waals surface area contributed by atoms with Gasteiger partial charge in [-0.15, -0.1) is 0 Å². The van der Waals surface area contributed by atoms with Crippen LogP contribution in [0.2, 0.25) is 0 Å². The van der Waals surface area contributed by atoms with E-state index in [0.717, 1.165) is 11.3 Å². The number of hydrazone groups is 1. The van der Waals surface area contributed by atoms with Crippen LogP contribution in [0.25, 0.3) is 0 Å². The maximum Gasteiger partial charge on any atom is 0.343 e. The van der Waals surface area contributed by atoms with Crippen LogP contribution in [0.15, 0.2) is 77.9 Å². The number of carbonyl (C=O) groups is 1. The number of para-hydroxylation sites is 1. The average Bonchev–Trinajstić information content (AvgIpc) is 2.73. The van der Waals surface area contributed by atoms with Crippen molar-refractivity contribution in [2.75, 3.05) is 19.2 Å². The van der Waals surface area contributed by atoms with E-state index in [1.807, 2.05) is 37.4 Å². The van der Waals surface area contributed by atoms with Crippen molar-refractivity contribution in [2.45, 2.75) is 0 Å². The Hall–Kier alpha value is -3.67. The molecule has 0 spiro atoms. The molecule has 0 saturated heterocycles. The van der Waals surface area contributed by atoms with E-state index in [4.69, 9.17) is 9.47 Å². The number of benzene rings is 3. The molecular formula is C22H19FN2O3. The van der Waals surface area contributed by atoms with Gasteiger partial charge >= 0.3 is 5.97 Å². The van der Waals surface area contributed by atoms with Crippen LogP contribution in [0.1, 0.15) is 15.9 Å². The Bertz CT molecular complexity index is 973. The maximum atomic E-state index is 13.0. The monoisotopic (exact) mass is 378 g/mol. The summed E-state index contributed by atoms with van der Waals surface area (Å²) in [6, 6.07) is 20.0. The molecule has 0 atom stereocenters. The SMILES string of the molecule is COc1cc(/C=N/N(C)c2ccccc2)ccc1OC(=O)c1ccc(F)cc1. The molecule has 0 aliphatic heterocycles. The van der Waals surface area contributed by atoms with E-state index in [1.165, 1.54) is 31.4 Å². The highest BCUT2D eigenvalue weighted by molar-refractivity contribution is 5.91. The van der Waals surface area contributed by atoms with Gasteiger partial charge in [-0.1, -0.05) is 18.2 Å². The Morgan fingerprint density at radius 3 is 2.39 bits per heavy atom. The summed E-state index contributed by atoms with van der Waals surface area (Å²) in [6.07, 6.45) is 1.68. The van der Waals surface area contributed by atoms with Crippen molar-refractivity contribution in [3.8, 4) is 11.5 Å². The first-order valence-electron chi connectivity index (χ1n) is 8.55. The van der Waals surface area contributed by atoms with Gasteiger partial charge in [0.15, 0.2) is 11.5 Å². The van der Waals surface area contributed by atoms with E-state index in [9.17, 15) is 9.18 Å². The lowest BCUT2D eigenvalue weighted by Gasteiger charge is -2.13. The fourth-order valence-electron chi connectivity index (χ4n) is 2.46. The summed E-state index contributed by atoms with van der Waals surface area (Å²) < 4.78 is 23.7. The van der Waals surface area contributed by atoms with Gasteiger partial charge in [0.2, 0.25) is 0 Å². The maximum absolute atomic E-state index is 13.0. The van der Waals surface area contributed by atoms with Gasteiger partial charge in [0.1, 0.15) is 5.82 Å². The van der Waals surface area contributed by atoms with Crippen LogP contribution in [0.3, 0.4) is 0 Å². The number of hydrogen-bond donors (Lipinski definition) is 0. The van der Waals surface area contributed by atoms with Crippen molar-refractivity contribution in [1.29, 1.82) is 0 Å². The molecule has 3 aromatic rings. The summed E-state index contributed by atoms with van der Waals surface area (Å²) in [5, 5.41) is 6.14. The molecule has 6 heteroatoms. The highest BCUT2D eigenvalue weighted by Gasteiger charge is 2.13. The summed E-state index contributed by atoms with van der Waals surface area (Å²) in [6.45, 7) is 0. The number of nitrogens with zero attached hydrogens (tertiary/aromatic N) is 2. The molecule has 0 heterocycles. The third-order valence-corrected chi connectivity index (χ3v) is 3.98. The van der Waals surface area contributed by atoms with Crippen molar-refractivity contribution in [2.24, 2.45) is 5.10 Å². The molecule has 28 heavy (non-hydrogen) atoms. The Labute approximate surface area is 162 Å². The zero-order chi connectivity index (χ0) is 19.9. The van der Waals surface area contributed by atoms with Gasteiger partial charge in [0.05, 0.1) is 24.6 Å². The van der Waals surface area contributed by atoms with Crippen LogP contribution < -0.4 is 14.5 Å². The Morgan fingerprint density at radius 2 is 1.71 bits per heavy atom. The molecule has 3 rings (SSSR count). The molecule has 3 aromatic carbocycles. The number of anilines is 1. The van der Waals surface area contributed by atoms with Gasteiger partial charge in [0.25, 0.3) is 0 Å². The Kier molecular flexibility index (Phi) is 6.01. The molecule has 0 aliphatic carbocycles. The predicted octanol–water partition coefficient (Wildman–Crippen LogP) is 4.52. The number of halogens is 1. The summed E-state index contributed by atoms with van der Waals surface area (Å²) in [5.41, 5.74) is 1.98. The molecule has 0 saturated carbocycles. The number of rotatable bonds is 6. The van der Waals surface area contributed by atoms with Crippen molar-refractivity contribution in [3.63, 3.8) is 0 Å². The van der Waals surface area contributed by atoms with Crippen molar-refractivity contribution in [1.82, 2.24) is 0 Å². The van der Waals surface area contributed by atoms with Gasteiger partial charge in [0, 0.05) is 7.05 Å². The lowest BCUT2D eigenvalue weighted by atomic mass is 10.2. The van der Waals surface area contributed by atoms with Crippen LogP contribution in [-0.4, -0.2) is 26.3 Å². The predicted molar refractivity (Wildman–Crippen MR) is 107 cm³/mol. The van der Waals surface area contributed by atoms with Crippen LogP contribution >= 0.6 is 0 Å². The van der Waals surface area contributed by atoms with Crippen LogP contribution in [0, 0.1) is 5.82 Å². The first-order chi connectivity index (χ1) is 13.6. The van der Waals surface area contributed by atoms with Crippen LogP contribution in [0.5, 0.6) is 11.5 Å². The summed E-state index contributed by atoms with van der Waals surface area (Å²) in [5.74, 6) is -0.353. The zero-order valence-electron chi connectivity index (χ0n) is 15.5. The topological polar surface area (TPSA) is 51.1 Å². The summed E-state index contributed by atoms with van der Waals surface area (Å²) in [4.78, 5) is 12.2. The quantitative estimate of drug-likeness (QED) is 0.274. The third-order valence-electron chi connectivity index (χ3n) is 3.98. The first kappa shape index (κ1) is 19.1. The largest absolute Gasteiger partial charge is 0.493 e. The minimum atomic E-state index is -0.594. The number of hydrogen-bond acceptors (Lipinski definition) is 5. The molecule has 0 aromatic heterocycles. The van der Waals surface area contributed by atoms with E-state index >= 15 is 0 Å². The minimum absolute atomic E-state index is 0.249. The second-order valence-electron chi connectivity index (χ2n) is 5.91. The second kappa shape index (κ2) is 8.81. The molecule has 0 fully saturated rings. The first-order valence-corrected chi connectivity index (χ1v) is 8.55. The molecule has 0 unspecified atom stereocenters. The molecule has 0 amide bonds. The average molecular weight is 378 g/mol. The second-order valence-corrected chi connectivity index (χ2v) is 5.91. The standard InChI is InChI=1S/C22H19FN2O3/c1-25(19-6-4-3-5-7-19)24-15-16-8-13-20(21(14-16)27-2)28-22(26)17-9-11-18(23)12-10-17/h3-15H,1-2H3/b24-15+. The van der Waals surface area contributed by atoms with Gasteiger partial charge in [-0.25, -0.2) is 9.18 Å². The summed E-state index contributed by atoms with van der Waals surface area (Å²) in [7, 11) is 3.34. The molecule has 0 bridgehead atoms. The molecule has 5 nitrogen and oxygen atoms in total. The number of carbonyl (C=O) groups excluding carboxylic acids is 1. The lowest BCUT2D eigenvalue weighted by molar-refractivity contribution is 0.0729. The molecule has 0 N–H and O–H groups in total. The molecular weight excluding hydrogens is 359 g/mol. The van der Waals surface area contributed by atoms with Gasteiger partial charge < -0.3 is 9.47 Å². The minimum Gasteiger partial charge on any atom is -0.493 e.